The lowest BCUT2D eigenvalue weighted by molar-refractivity contribution is 0.102. The van der Waals surface area contributed by atoms with Crippen LogP contribution in [0.1, 0.15) is 27.0 Å². The van der Waals surface area contributed by atoms with Crippen LogP contribution >= 0.6 is 15.9 Å². The first-order valence-corrected chi connectivity index (χ1v) is 9.05. The van der Waals surface area contributed by atoms with Gasteiger partial charge in [0.2, 0.25) is 0 Å². The zero-order chi connectivity index (χ0) is 18.7. The van der Waals surface area contributed by atoms with Gasteiger partial charge in [0, 0.05) is 22.4 Å². The molecule has 1 aromatic heterocycles. The highest BCUT2D eigenvalue weighted by Crippen LogP contribution is 2.17. The molecule has 0 aliphatic carbocycles. The Morgan fingerprint density at radius 3 is 2.46 bits per heavy atom. The zero-order valence-corrected chi connectivity index (χ0v) is 16.2. The van der Waals surface area contributed by atoms with E-state index in [0.29, 0.717) is 12.1 Å². The van der Waals surface area contributed by atoms with Crippen molar-refractivity contribution in [3.05, 3.63) is 97.9 Å². The Bertz CT molecular complexity index is 1010. The summed E-state index contributed by atoms with van der Waals surface area (Å²) < 4.78 is 2.52. The molecule has 0 aliphatic rings. The van der Waals surface area contributed by atoms with Crippen molar-refractivity contribution in [2.24, 2.45) is 0 Å². The van der Waals surface area contributed by atoms with E-state index in [9.17, 15) is 9.59 Å². The summed E-state index contributed by atoms with van der Waals surface area (Å²) in [5.74, 6) is -0.235. The average molecular weight is 411 g/mol. The van der Waals surface area contributed by atoms with Gasteiger partial charge < -0.3 is 9.88 Å². The first-order chi connectivity index (χ1) is 12.4. The van der Waals surface area contributed by atoms with Crippen molar-refractivity contribution in [2.75, 3.05) is 5.32 Å². The minimum absolute atomic E-state index is 0.143. The quantitative estimate of drug-likeness (QED) is 0.686. The van der Waals surface area contributed by atoms with Crippen molar-refractivity contribution in [1.29, 1.82) is 0 Å². The Balaban J connectivity index is 1.83. The van der Waals surface area contributed by atoms with Crippen LogP contribution in [-0.2, 0) is 6.54 Å². The van der Waals surface area contributed by atoms with Gasteiger partial charge in [-0.05, 0) is 49.2 Å². The average Bonchev–Trinajstić information content (AvgIpc) is 2.61. The monoisotopic (exact) mass is 410 g/mol. The molecule has 26 heavy (non-hydrogen) atoms. The van der Waals surface area contributed by atoms with Crippen LogP contribution in [0.15, 0.2) is 70.1 Å². The van der Waals surface area contributed by atoms with Crippen molar-refractivity contribution in [1.82, 2.24) is 4.57 Å². The normalized spacial score (nSPS) is 10.6. The Morgan fingerprint density at radius 1 is 1.04 bits per heavy atom. The van der Waals surface area contributed by atoms with E-state index < -0.39 is 0 Å². The highest BCUT2D eigenvalue weighted by Gasteiger charge is 2.10. The standard InChI is InChI=1S/C21H19BrN2O2/c1-14-3-9-19(15(2)11-14)23-21(26)17-6-10-20(25)24(13-17)12-16-4-7-18(22)8-5-16/h3-11,13H,12H2,1-2H3,(H,23,26). The molecular formula is C21H19BrN2O2. The van der Waals surface area contributed by atoms with E-state index in [0.717, 1.165) is 26.9 Å². The summed E-state index contributed by atoms with van der Waals surface area (Å²) in [6.45, 7) is 4.38. The number of anilines is 1. The third-order valence-corrected chi connectivity index (χ3v) is 4.67. The third kappa shape index (κ3) is 4.29. The van der Waals surface area contributed by atoms with E-state index in [1.165, 1.54) is 6.07 Å². The predicted molar refractivity (Wildman–Crippen MR) is 108 cm³/mol. The van der Waals surface area contributed by atoms with Gasteiger partial charge in [-0.2, -0.15) is 0 Å². The lowest BCUT2D eigenvalue weighted by atomic mass is 10.1. The van der Waals surface area contributed by atoms with Crippen LogP contribution in [0.2, 0.25) is 0 Å². The molecule has 0 spiro atoms. The van der Waals surface area contributed by atoms with Gasteiger partial charge in [0.1, 0.15) is 0 Å². The highest BCUT2D eigenvalue weighted by molar-refractivity contribution is 9.10. The van der Waals surface area contributed by atoms with E-state index in [1.54, 1.807) is 16.8 Å². The smallest absolute Gasteiger partial charge is 0.257 e. The maximum Gasteiger partial charge on any atom is 0.257 e. The number of nitrogens with zero attached hydrogens (tertiary/aromatic N) is 1. The number of halogens is 1. The summed E-state index contributed by atoms with van der Waals surface area (Å²) in [4.78, 5) is 24.7. The molecule has 132 valence electrons. The molecule has 0 unspecified atom stereocenters. The molecule has 0 fully saturated rings. The van der Waals surface area contributed by atoms with Gasteiger partial charge in [-0.3, -0.25) is 9.59 Å². The summed E-state index contributed by atoms with van der Waals surface area (Å²) in [5, 5.41) is 2.91. The first-order valence-electron chi connectivity index (χ1n) is 8.26. The first kappa shape index (κ1) is 18.1. The van der Waals surface area contributed by atoms with Crippen LogP contribution in [0.3, 0.4) is 0 Å². The van der Waals surface area contributed by atoms with Crippen molar-refractivity contribution >= 4 is 27.5 Å². The second-order valence-electron chi connectivity index (χ2n) is 6.28. The maximum absolute atomic E-state index is 12.6. The van der Waals surface area contributed by atoms with Gasteiger partial charge in [-0.15, -0.1) is 0 Å². The lowest BCUT2D eigenvalue weighted by Crippen LogP contribution is -2.22. The molecule has 0 aliphatic heterocycles. The number of pyridine rings is 1. The minimum Gasteiger partial charge on any atom is -0.322 e. The van der Waals surface area contributed by atoms with Gasteiger partial charge >= 0.3 is 0 Å². The van der Waals surface area contributed by atoms with E-state index in [-0.39, 0.29) is 11.5 Å². The van der Waals surface area contributed by atoms with Crippen molar-refractivity contribution in [3.63, 3.8) is 0 Å². The van der Waals surface area contributed by atoms with Gasteiger partial charge in [0.25, 0.3) is 11.5 Å². The molecule has 0 bridgehead atoms. The van der Waals surface area contributed by atoms with E-state index in [2.05, 4.69) is 21.2 Å². The molecule has 0 saturated carbocycles. The fourth-order valence-electron chi connectivity index (χ4n) is 2.72. The van der Waals surface area contributed by atoms with Crippen LogP contribution in [0.5, 0.6) is 0 Å². The van der Waals surface area contributed by atoms with E-state index in [4.69, 9.17) is 0 Å². The lowest BCUT2D eigenvalue weighted by Gasteiger charge is -2.11. The summed E-state index contributed by atoms with van der Waals surface area (Å²) in [5.41, 5.74) is 4.20. The molecule has 2 aromatic carbocycles. The van der Waals surface area contributed by atoms with Crippen LogP contribution < -0.4 is 10.9 Å². The SMILES string of the molecule is Cc1ccc(NC(=O)c2ccc(=O)n(Cc3ccc(Br)cc3)c2)c(C)c1. The number of aryl methyl sites for hydroxylation is 2. The fourth-order valence-corrected chi connectivity index (χ4v) is 2.99. The Kier molecular flexibility index (Phi) is 5.38. The molecular weight excluding hydrogens is 392 g/mol. The van der Waals surface area contributed by atoms with Gasteiger partial charge in [-0.1, -0.05) is 45.8 Å². The minimum atomic E-state index is -0.235. The molecule has 1 amide bonds. The summed E-state index contributed by atoms with van der Waals surface area (Å²) >= 11 is 3.40. The van der Waals surface area contributed by atoms with Gasteiger partial charge in [0.05, 0.1) is 12.1 Å². The largest absolute Gasteiger partial charge is 0.322 e. The molecule has 0 saturated heterocycles. The number of rotatable bonds is 4. The zero-order valence-electron chi connectivity index (χ0n) is 14.6. The van der Waals surface area contributed by atoms with Crippen molar-refractivity contribution in [3.8, 4) is 0 Å². The van der Waals surface area contributed by atoms with Crippen LogP contribution in [0.4, 0.5) is 5.69 Å². The van der Waals surface area contributed by atoms with Gasteiger partial charge in [0.15, 0.2) is 0 Å². The number of amides is 1. The molecule has 4 nitrogen and oxygen atoms in total. The number of nitrogens with one attached hydrogen (secondary N) is 1. The number of hydrogen-bond donors (Lipinski definition) is 1. The molecule has 1 heterocycles. The predicted octanol–water partition coefficient (Wildman–Crippen LogP) is 4.53. The summed E-state index contributed by atoms with van der Waals surface area (Å²) in [7, 11) is 0. The van der Waals surface area contributed by atoms with E-state index in [1.807, 2.05) is 56.3 Å². The van der Waals surface area contributed by atoms with E-state index >= 15 is 0 Å². The molecule has 5 heteroatoms. The number of hydrogen-bond acceptors (Lipinski definition) is 2. The van der Waals surface area contributed by atoms with Crippen LogP contribution in [0, 0.1) is 13.8 Å². The Labute approximate surface area is 160 Å². The molecule has 3 aromatic rings. The number of benzene rings is 2. The van der Waals surface area contributed by atoms with Crippen LogP contribution in [0.25, 0.3) is 0 Å². The molecule has 3 rings (SSSR count). The van der Waals surface area contributed by atoms with Crippen molar-refractivity contribution < 1.29 is 4.79 Å². The second kappa shape index (κ2) is 7.70. The Morgan fingerprint density at radius 2 is 1.77 bits per heavy atom. The van der Waals surface area contributed by atoms with Crippen molar-refractivity contribution in [2.45, 2.75) is 20.4 Å². The topological polar surface area (TPSA) is 51.1 Å². The third-order valence-electron chi connectivity index (χ3n) is 4.14. The summed E-state index contributed by atoms with van der Waals surface area (Å²) in [6.07, 6.45) is 1.60. The second-order valence-corrected chi connectivity index (χ2v) is 7.20. The summed E-state index contributed by atoms with van der Waals surface area (Å²) in [6, 6.07) is 16.6. The van der Waals surface area contributed by atoms with Gasteiger partial charge in [-0.25, -0.2) is 0 Å². The molecule has 0 radical (unpaired) electrons. The molecule has 0 atom stereocenters. The fraction of sp³-hybridized carbons (Fsp3) is 0.143. The Hall–Kier alpha value is -2.66. The number of aromatic nitrogens is 1. The van der Waals surface area contributed by atoms with Crippen LogP contribution in [-0.4, -0.2) is 10.5 Å². The number of carbonyl (C=O) groups excluding carboxylic acids is 1. The highest BCUT2D eigenvalue weighted by atomic mass is 79.9. The number of carbonyl (C=O) groups is 1. The maximum atomic E-state index is 12.6. The molecule has 1 N–H and O–H groups in total.